The van der Waals surface area contributed by atoms with Crippen LogP contribution >= 0.6 is 22.9 Å². The molecule has 0 saturated heterocycles. The van der Waals surface area contributed by atoms with Gasteiger partial charge in [-0.25, -0.2) is 4.79 Å². The number of carbonyl (C=O) groups is 1. The van der Waals surface area contributed by atoms with Gasteiger partial charge in [-0.2, -0.15) is 0 Å². The van der Waals surface area contributed by atoms with Crippen LogP contribution < -0.4 is 0 Å². The molecular weight excluding hydrogens is 268 g/mol. The molecule has 0 fully saturated rings. The number of carboxylic acids is 1. The zero-order valence-electron chi connectivity index (χ0n) is 10.1. The zero-order valence-corrected chi connectivity index (χ0v) is 11.7. The predicted octanol–water partition coefficient (Wildman–Crippen LogP) is 4.89. The maximum atomic E-state index is 11.2. The van der Waals surface area contributed by atoms with Crippen LogP contribution in [0, 0.1) is 0 Å². The average molecular weight is 281 g/mol. The Bertz CT molecular complexity index is 570. The van der Waals surface area contributed by atoms with Crippen molar-refractivity contribution in [3.63, 3.8) is 0 Å². The van der Waals surface area contributed by atoms with Crippen LogP contribution in [0.1, 0.15) is 35.7 Å². The Hall–Kier alpha value is -1.32. The van der Waals surface area contributed by atoms with E-state index in [-0.39, 0.29) is 5.56 Å². The predicted molar refractivity (Wildman–Crippen MR) is 75.8 cm³/mol. The van der Waals surface area contributed by atoms with E-state index in [2.05, 4.69) is 13.8 Å². The number of hydrogen-bond donors (Lipinski definition) is 1. The summed E-state index contributed by atoms with van der Waals surface area (Å²) >= 11 is 7.16. The third-order valence-electron chi connectivity index (χ3n) is 2.85. The Kier molecular flexibility index (Phi) is 3.73. The van der Waals surface area contributed by atoms with Gasteiger partial charge in [0.1, 0.15) is 4.34 Å². The first-order valence-electron chi connectivity index (χ1n) is 5.61. The highest BCUT2D eigenvalue weighted by atomic mass is 35.5. The Labute approximate surface area is 115 Å². The van der Waals surface area contributed by atoms with Crippen molar-refractivity contribution in [1.29, 1.82) is 0 Å². The van der Waals surface area contributed by atoms with E-state index in [1.807, 2.05) is 24.3 Å². The van der Waals surface area contributed by atoms with Gasteiger partial charge in [0.15, 0.2) is 0 Å². The largest absolute Gasteiger partial charge is 0.478 e. The molecule has 2 nitrogen and oxygen atoms in total. The lowest BCUT2D eigenvalue weighted by molar-refractivity contribution is 0.0698. The molecule has 2 rings (SSSR count). The number of hydrogen-bond acceptors (Lipinski definition) is 2. The van der Waals surface area contributed by atoms with Crippen LogP contribution in [0.5, 0.6) is 0 Å². The van der Waals surface area contributed by atoms with E-state index >= 15 is 0 Å². The lowest BCUT2D eigenvalue weighted by atomic mass is 9.98. The van der Waals surface area contributed by atoms with Crippen LogP contribution in [0.15, 0.2) is 29.6 Å². The highest BCUT2D eigenvalue weighted by molar-refractivity contribution is 7.15. The number of carboxylic acid groups (broad SMARTS) is 1. The Morgan fingerprint density at radius 1 is 1.28 bits per heavy atom. The fourth-order valence-electron chi connectivity index (χ4n) is 1.79. The fraction of sp³-hybridized carbons (Fsp3) is 0.214. The van der Waals surface area contributed by atoms with E-state index in [0.29, 0.717) is 15.8 Å². The summed E-state index contributed by atoms with van der Waals surface area (Å²) in [6, 6.07) is 7.94. The summed E-state index contributed by atoms with van der Waals surface area (Å²) in [6.07, 6.45) is 0. The molecule has 1 aromatic carbocycles. The molecule has 0 aliphatic rings. The van der Waals surface area contributed by atoms with Gasteiger partial charge in [0.05, 0.1) is 5.56 Å². The summed E-state index contributed by atoms with van der Waals surface area (Å²) < 4.78 is 0.324. The van der Waals surface area contributed by atoms with Crippen molar-refractivity contribution < 1.29 is 9.90 Å². The second-order valence-corrected chi connectivity index (χ2v) is 5.86. The summed E-state index contributed by atoms with van der Waals surface area (Å²) in [6.45, 7) is 4.25. The van der Waals surface area contributed by atoms with Crippen LogP contribution in [-0.2, 0) is 0 Å². The number of benzene rings is 1. The van der Waals surface area contributed by atoms with Gasteiger partial charge in [-0.05, 0) is 17.0 Å². The van der Waals surface area contributed by atoms with E-state index in [1.165, 1.54) is 16.9 Å². The smallest absolute Gasteiger partial charge is 0.338 e. The minimum absolute atomic E-state index is 0.193. The first-order valence-corrected chi connectivity index (χ1v) is 6.87. The van der Waals surface area contributed by atoms with Crippen LogP contribution in [0.4, 0.5) is 0 Å². The highest BCUT2D eigenvalue weighted by Gasteiger charge is 2.18. The molecule has 1 N–H and O–H groups in total. The summed E-state index contributed by atoms with van der Waals surface area (Å²) in [5.74, 6) is -0.520. The SMILES string of the molecule is CC(C)c1ccc(-c2csc(Cl)c2C(=O)O)cc1. The van der Waals surface area contributed by atoms with Crippen LogP contribution in [0.25, 0.3) is 11.1 Å². The molecule has 0 spiro atoms. The maximum Gasteiger partial charge on any atom is 0.338 e. The van der Waals surface area contributed by atoms with Crippen LogP contribution in [0.3, 0.4) is 0 Å². The molecule has 0 bridgehead atoms. The molecule has 0 radical (unpaired) electrons. The first-order chi connectivity index (χ1) is 8.50. The Balaban J connectivity index is 2.46. The highest BCUT2D eigenvalue weighted by Crippen LogP contribution is 2.35. The second-order valence-electron chi connectivity index (χ2n) is 4.38. The van der Waals surface area contributed by atoms with E-state index in [0.717, 1.165) is 5.56 Å². The molecule has 0 unspecified atom stereocenters. The average Bonchev–Trinajstić information content (AvgIpc) is 2.71. The van der Waals surface area contributed by atoms with Crippen molar-refractivity contribution in [2.75, 3.05) is 0 Å². The van der Waals surface area contributed by atoms with Gasteiger partial charge in [-0.15, -0.1) is 11.3 Å². The lowest BCUT2D eigenvalue weighted by Gasteiger charge is -2.07. The molecule has 4 heteroatoms. The zero-order chi connectivity index (χ0) is 13.3. The molecule has 1 heterocycles. The van der Waals surface area contributed by atoms with Crippen molar-refractivity contribution in [3.05, 3.63) is 45.1 Å². The van der Waals surface area contributed by atoms with Gasteiger partial charge in [0, 0.05) is 10.9 Å². The number of aromatic carboxylic acids is 1. The normalized spacial score (nSPS) is 10.9. The fourth-order valence-corrected chi connectivity index (χ4v) is 2.90. The van der Waals surface area contributed by atoms with E-state index < -0.39 is 5.97 Å². The molecule has 0 saturated carbocycles. The number of rotatable bonds is 3. The molecule has 94 valence electrons. The van der Waals surface area contributed by atoms with Gasteiger partial charge < -0.3 is 5.11 Å². The first kappa shape index (κ1) is 13.1. The molecule has 0 aliphatic heterocycles. The van der Waals surface area contributed by atoms with Gasteiger partial charge in [0.2, 0.25) is 0 Å². The minimum Gasteiger partial charge on any atom is -0.478 e. The number of halogens is 1. The van der Waals surface area contributed by atoms with Gasteiger partial charge in [0.25, 0.3) is 0 Å². The molecular formula is C14H13ClO2S. The summed E-state index contributed by atoms with van der Waals surface area (Å²) in [5, 5.41) is 10.9. The third kappa shape index (κ3) is 2.42. The monoisotopic (exact) mass is 280 g/mol. The minimum atomic E-state index is -0.982. The quantitative estimate of drug-likeness (QED) is 0.869. The molecule has 18 heavy (non-hydrogen) atoms. The van der Waals surface area contributed by atoms with Gasteiger partial charge in [-0.3, -0.25) is 0 Å². The van der Waals surface area contributed by atoms with Crippen molar-refractivity contribution in [2.45, 2.75) is 19.8 Å². The van der Waals surface area contributed by atoms with Crippen molar-refractivity contribution in [3.8, 4) is 11.1 Å². The summed E-state index contributed by atoms with van der Waals surface area (Å²) in [5.41, 5.74) is 3.00. The van der Waals surface area contributed by atoms with E-state index in [9.17, 15) is 4.79 Å². The number of thiophene rings is 1. The maximum absolute atomic E-state index is 11.2. The van der Waals surface area contributed by atoms with Gasteiger partial charge >= 0.3 is 5.97 Å². The van der Waals surface area contributed by atoms with Crippen molar-refractivity contribution in [1.82, 2.24) is 0 Å². The van der Waals surface area contributed by atoms with Crippen LogP contribution in [-0.4, -0.2) is 11.1 Å². The molecule has 0 aliphatic carbocycles. The topological polar surface area (TPSA) is 37.3 Å². The Morgan fingerprint density at radius 3 is 2.39 bits per heavy atom. The standard InChI is InChI=1S/C14H13ClO2S/c1-8(2)9-3-5-10(6-4-9)11-7-18-13(15)12(11)14(16)17/h3-8H,1-2H3,(H,16,17). The van der Waals surface area contributed by atoms with Crippen LogP contribution in [0.2, 0.25) is 4.34 Å². The molecule has 2 aromatic rings. The van der Waals surface area contributed by atoms with Gasteiger partial charge in [-0.1, -0.05) is 49.7 Å². The molecule has 0 amide bonds. The Morgan fingerprint density at radius 2 is 1.89 bits per heavy atom. The molecule has 0 atom stereocenters. The third-order valence-corrected chi connectivity index (χ3v) is 4.07. The summed E-state index contributed by atoms with van der Waals surface area (Å²) in [7, 11) is 0. The summed E-state index contributed by atoms with van der Waals surface area (Å²) in [4.78, 5) is 11.2. The lowest BCUT2D eigenvalue weighted by Crippen LogP contribution is -1.97. The van der Waals surface area contributed by atoms with E-state index in [4.69, 9.17) is 16.7 Å². The van der Waals surface area contributed by atoms with Crippen molar-refractivity contribution in [2.24, 2.45) is 0 Å². The second kappa shape index (κ2) is 5.12. The van der Waals surface area contributed by atoms with E-state index in [1.54, 1.807) is 5.38 Å². The molecule has 1 aromatic heterocycles. The van der Waals surface area contributed by atoms with Crippen molar-refractivity contribution >= 4 is 28.9 Å².